The quantitative estimate of drug-likeness (QED) is 0.670. The number of hydrogen-bond acceptors (Lipinski definition) is 5. The van der Waals surface area contributed by atoms with Gasteiger partial charge in [-0.3, -0.25) is 0 Å². The zero-order valence-corrected chi connectivity index (χ0v) is 11.3. The number of esters is 1. The van der Waals surface area contributed by atoms with Gasteiger partial charge in [-0.2, -0.15) is 0 Å². The van der Waals surface area contributed by atoms with Crippen molar-refractivity contribution in [2.45, 2.75) is 17.6 Å². The van der Waals surface area contributed by atoms with Crippen LogP contribution in [0.2, 0.25) is 0 Å². The van der Waals surface area contributed by atoms with Crippen LogP contribution in [-0.2, 0) is 10.5 Å². The minimum atomic E-state index is -0.363. The number of ether oxygens (including phenoxy) is 1. The fourth-order valence-corrected chi connectivity index (χ4v) is 2.38. The smallest absolute Gasteiger partial charge is 0.341 e. The van der Waals surface area contributed by atoms with Crippen LogP contribution in [0.5, 0.6) is 5.75 Å². The number of carbonyl (C=O) groups is 1. The summed E-state index contributed by atoms with van der Waals surface area (Å²) in [6.45, 7) is 2.11. The molecule has 4 nitrogen and oxygen atoms in total. The first-order chi connectivity index (χ1) is 9.20. The molecular weight excluding hydrogens is 264 g/mol. The van der Waals surface area contributed by atoms with E-state index in [2.05, 4.69) is 0 Å². The fourth-order valence-electron chi connectivity index (χ4n) is 1.53. The predicted molar refractivity (Wildman–Crippen MR) is 72.3 cm³/mol. The van der Waals surface area contributed by atoms with Crippen molar-refractivity contribution in [3.63, 3.8) is 0 Å². The summed E-state index contributed by atoms with van der Waals surface area (Å²) in [5.74, 6) is 0.995. The van der Waals surface area contributed by atoms with Crippen LogP contribution >= 0.6 is 11.8 Å². The third kappa shape index (κ3) is 3.54. The number of rotatable bonds is 5. The summed E-state index contributed by atoms with van der Waals surface area (Å²) in [4.78, 5) is 12.6. The van der Waals surface area contributed by atoms with Gasteiger partial charge in [0.2, 0.25) is 0 Å². The fraction of sp³-hybridized carbons (Fsp3) is 0.214. The lowest BCUT2D eigenvalue weighted by Gasteiger charge is -2.03. The van der Waals surface area contributed by atoms with Gasteiger partial charge in [-0.25, -0.2) is 4.79 Å². The molecule has 0 spiro atoms. The SMILES string of the molecule is CCOC(=O)c1ccoc1CSc1ccc(O)cc1. The molecule has 0 saturated carbocycles. The average molecular weight is 278 g/mol. The number of thioether (sulfide) groups is 1. The molecule has 1 N–H and O–H groups in total. The Balaban J connectivity index is 2.02. The zero-order chi connectivity index (χ0) is 13.7. The van der Waals surface area contributed by atoms with Crippen molar-refractivity contribution >= 4 is 17.7 Å². The first kappa shape index (κ1) is 13.5. The highest BCUT2D eigenvalue weighted by Crippen LogP contribution is 2.26. The number of benzene rings is 1. The van der Waals surface area contributed by atoms with Gasteiger partial charge in [0.15, 0.2) is 0 Å². The number of furan rings is 1. The van der Waals surface area contributed by atoms with Gasteiger partial charge < -0.3 is 14.3 Å². The second-order valence-electron chi connectivity index (χ2n) is 3.76. The zero-order valence-electron chi connectivity index (χ0n) is 10.5. The molecule has 5 heteroatoms. The van der Waals surface area contributed by atoms with Gasteiger partial charge >= 0.3 is 5.97 Å². The molecule has 100 valence electrons. The van der Waals surface area contributed by atoms with Crippen molar-refractivity contribution in [3.05, 3.63) is 47.9 Å². The van der Waals surface area contributed by atoms with Crippen LogP contribution in [0.1, 0.15) is 23.0 Å². The molecular formula is C14H14O4S. The lowest BCUT2D eigenvalue weighted by atomic mass is 10.3. The first-order valence-corrected chi connectivity index (χ1v) is 6.84. The molecule has 1 aromatic carbocycles. The summed E-state index contributed by atoms with van der Waals surface area (Å²) in [5.41, 5.74) is 0.466. The van der Waals surface area contributed by atoms with Gasteiger partial charge in [-0.1, -0.05) is 0 Å². The standard InChI is InChI=1S/C14H14O4S/c1-2-17-14(16)12-7-8-18-13(12)9-19-11-5-3-10(15)4-6-11/h3-8,15H,2,9H2,1H3. The molecule has 0 aliphatic rings. The Morgan fingerprint density at radius 3 is 2.74 bits per heavy atom. The van der Waals surface area contributed by atoms with Gasteiger partial charge in [-0.05, 0) is 37.3 Å². The van der Waals surface area contributed by atoms with E-state index < -0.39 is 0 Å². The van der Waals surface area contributed by atoms with E-state index in [1.165, 1.54) is 18.0 Å². The molecule has 0 amide bonds. The van der Waals surface area contributed by atoms with Crippen molar-refractivity contribution in [2.75, 3.05) is 6.61 Å². The Kier molecular flexibility index (Phi) is 4.52. The van der Waals surface area contributed by atoms with E-state index in [-0.39, 0.29) is 11.7 Å². The third-order valence-electron chi connectivity index (χ3n) is 2.45. The average Bonchev–Trinajstić information content (AvgIpc) is 2.87. The van der Waals surface area contributed by atoms with Crippen molar-refractivity contribution in [1.82, 2.24) is 0 Å². The minimum Gasteiger partial charge on any atom is -0.508 e. The van der Waals surface area contributed by atoms with Gasteiger partial charge in [0.1, 0.15) is 17.1 Å². The number of carbonyl (C=O) groups excluding carboxylic acids is 1. The van der Waals surface area contributed by atoms with E-state index >= 15 is 0 Å². The van der Waals surface area contributed by atoms with Crippen LogP contribution in [-0.4, -0.2) is 17.7 Å². The van der Waals surface area contributed by atoms with Gasteiger partial charge in [-0.15, -0.1) is 11.8 Å². The lowest BCUT2D eigenvalue weighted by molar-refractivity contribution is 0.0524. The molecule has 0 atom stereocenters. The second kappa shape index (κ2) is 6.33. The van der Waals surface area contributed by atoms with Crippen LogP contribution < -0.4 is 0 Å². The molecule has 0 unspecified atom stereocenters. The molecule has 2 aromatic rings. The molecule has 0 aliphatic carbocycles. The lowest BCUT2D eigenvalue weighted by Crippen LogP contribution is -2.05. The Morgan fingerprint density at radius 1 is 1.32 bits per heavy atom. The third-order valence-corrected chi connectivity index (χ3v) is 3.46. The summed E-state index contributed by atoms with van der Waals surface area (Å²) in [6, 6.07) is 8.48. The Labute approximate surface area is 115 Å². The van der Waals surface area contributed by atoms with Crippen LogP contribution in [0.3, 0.4) is 0 Å². The maximum Gasteiger partial charge on any atom is 0.341 e. The molecule has 0 saturated heterocycles. The second-order valence-corrected chi connectivity index (χ2v) is 4.81. The van der Waals surface area contributed by atoms with E-state index in [0.717, 1.165) is 4.90 Å². The topological polar surface area (TPSA) is 59.7 Å². The molecule has 0 radical (unpaired) electrons. The van der Waals surface area contributed by atoms with Crippen LogP contribution in [0.4, 0.5) is 0 Å². The summed E-state index contributed by atoms with van der Waals surface area (Å²) >= 11 is 1.52. The van der Waals surface area contributed by atoms with Gasteiger partial charge in [0.05, 0.1) is 18.6 Å². The Morgan fingerprint density at radius 2 is 2.05 bits per heavy atom. The van der Waals surface area contributed by atoms with E-state index in [1.807, 2.05) is 12.1 Å². The van der Waals surface area contributed by atoms with Gasteiger partial charge in [0.25, 0.3) is 0 Å². The minimum absolute atomic E-state index is 0.231. The number of phenols is 1. The molecule has 2 rings (SSSR count). The van der Waals surface area contributed by atoms with Crippen LogP contribution in [0, 0.1) is 0 Å². The number of hydrogen-bond donors (Lipinski definition) is 1. The summed E-state index contributed by atoms with van der Waals surface area (Å²) in [7, 11) is 0. The molecule has 0 bridgehead atoms. The molecule has 1 aromatic heterocycles. The summed E-state index contributed by atoms with van der Waals surface area (Å²) in [5, 5.41) is 9.20. The highest BCUT2D eigenvalue weighted by Gasteiger charge is 2.15. The van der Waals surface area contributed by atoms with E-state index in [1.54, 1.807) is 25.1 Å². The summed E-state index contributed by atoms with van der Waals surface area (Å²) < 4.78 is 10.3. The predicted octanol–water partition coefficient (Wildman–Crippen LogP) is 3.45. The first-order valence-electron chi connectivity index (χ1n) is 5.86. The maximum atomic E-state index is 11.7. The Hall–Kier alpha value is -1.88. The van der Waals surface area contributed by atoms with Crippen LogP contribution in [0.25, 0.3) is 0 Å². The van der Waals surface area contributed by atoms with Crippen LogP contribution in [0.15, 0.2) is 45.9 Å². The molecule has 0 fully saturated rings. The largest absolute Gasteiger partial charge is 0.508 e. The van der Waals surface area contributed by atoms with Crippen molar-refractivity contribution in [1.29, 1.82) is 0 Å². The molecule has 0 aliphatic heterocycles. The van der Waals surface area contributed by atoms with Gasteiger partial charge in [0, 0.05) is 4.90 Å². The van der Waals surface area contributed by atoms with Crippen molar-refractivity contribution in [3.8, 4) is 5.75 Å². The highest BCUT2D eigenvalue weighted by molar-refractivity contribution is 7.98. The van der Waals surface area contributed by atoms with E-state index in [9.17, 15) is 9.90 Å². The van der Waals surface area contributed by atoms with Crippen molar-refractivity contribution < 1.29 is 19.1 Å². The van der Waals surface area contributed by atoms with Crippen molar-refractivity contribution in [2.24, 2.45) is 0 Å². The molecule has 19 heavy (non-hydrogen) atoms. The molecule has 1 heterocycles. The number of phenolic OH excluding ortho intramolecular Hbond substituents is 1. The number of aromatic hydroxyl groups is 1. The van der Waals surface area contributed by atoms with E-state index in [0.29, 0.717) is 23.7 Å². The van der Waals surface area contributed by atoms with E-state index in [4.69, 9.17) is 9.15 Å². The normalized spacial score (nSPS) is 10.4. The highest BCUT2D eigenvalue weighted by atomic mass is 32.2. The summed E-state index contributed by atoms with van der Waals surface area (Å²) in [6.07, 6.45) is 1.49. The monoisotopic (exact) mass is 278 g/mol. The Bertz CT molecular complexity index is 545. The maximum absolute atomic E-state index is 11.7.